The fraction of sp³-hybridized carbons (Fsp3) is 0.951. The molecule has 1 heterocycles. The molecule has 6 aliphatic carbocycles. The Hall–Kier alpha value is -1.30. The lowest BCUT2D eigenvalue weighted by atomic mass is 9.45. The van der Waals surface area contributed by atoms with Crippen LogP contribution >= 0.6 is 0 Å². The molecule has 3 N–H and O–H groups in total. The summed E-state index contributed by atoms with van der Waals surface area (Å²) in [5.41, 5.74) is 0.323. The standard InChI is InChI=1S/C41H71N3O7/c1-24-33-19-30(41(33,3)4)20-34(24)42-39(47)37-36(25(2)46)35(22-45)51-44(37)21-29-9-8-10-32(27-13-15-28(16-14-27)40(48)43(5)6)38(29)50-23-26-11-17-31(49-7)18-12-26/h24-38,45-46H,8-23H2,1-7H3,(H,42,47)/t24-,25?,26?,27?,28?,29?,30+,31?,32?,33-,34-,35-,36?,37-,38?/m0/s1. The van der Waals surface area contributed by atoms with Crippen LogP contribution in [-0.4, -0.2) is 109 Å². The number of nitrogens with zero attached hydrogens (tertiary/aromatic N) is 2. The van der Waals surface area contributed by atoms with E-state index in [0.29, 0.717) is 53.6 Å². The summed E-state index contributed by atoms with van der Waals surface area (Å²) in [6.45, 7) is 9.77. The Kier molecular flexibility index (Phi) is 12.8. The molecule has 2 bridgehead atoms. The summed E-state index contributed by atoms with van der Waals surface area (Å²) >= 11 is 0. The van der Waals surface area contributed by atoms with Gasteiger partial charge in [0.15, 0.2) is 0 Å². The number of carbonyl (C=O) groups excluding carboxylic acids is 2. The minimum Gasteiger partial charge on any atom is -0.394 e. The molecule has 51 heavy (non-hydrogen) atoms. The van der Waals surface area contributed by atoms with Crippen LogP contribution in [0.25, 0.3) is 0 Å². The van der Waals surface area contributed by atoms with Gasteiger partial charge in [-0.15, -0.1) is 0 Å². The van der Waals surface area contributed by atoms with E-state index in [1.165, 1.54) is 6.42 Å². The van der Waals surface area contributed by atoms with Crippen LogP contribution in [0.4, 0.5) is 0 Å². The summed E-state index contributed by atoms with van der Waals surface area (Å²) in [5, 5.41) is 26.8. The molecule has 7 aliphatic rings. The van der Waals surface area contributed by atoms with Crippen LogP contribution in [0.3, 0.4) is 0 Å². The van der Waals surface area contributed by atoms with Crippen molar-refractivity contribution in [3.05, 3.63) is 0 Å². The lowest BCUT2D eigenvalue weighted by molar-refractivity contribution is -0.195. The number of hydroxylamine groups is 2. The van der Waals surface area contributed by atoms with E-state index in [0.717, 1.165) is 83.7 Å². The number of hydrogen-bond donors (Lipinski definition) is 3. The molecule has 0 spiro atoms. The third-order valence-electron chi connectivity index (χ3n) is 15.3. The lowest BCUT2D eigenvalue weighted by Crippen LogP contribution is -2.62. The summed E-state index contributed by atoms with van der Waals surface area (Å²) in [7, 11) is 5.54. The van der Waals surface area contributed by atoms with E-state index in [1.807, 2.05) is 26.3 Å². The lowest BCUT2D eigenvalue weighted by Gasteiger charge is -2.62. The quantitative estimate of drug-likeness (QED) is 0.257. The molecule has 0 aromatic carbocycles. The molecule has 2 amide bonds. The molecular weight excluding hydrogens is 646 g/mol. The first kappa shape index (κ1) is 39.4. The highest BCUT2D eigenvalue weighted by atomic mass is 16.7. The van der Waals surface area contributed by atoms with Gasteiger partial charge in [0.2, 0.25) is 11.8 Å². The zero-order valence-corrected chi connectivity index (χ0v) is 32.8. The van der Waals surface area contributed by atoms with Crippen molar-refractivity contribution in [1.29, 1.82) is 0 Å². The third kappa shape index (κ3) is 8.22. The van der Waals surface area contributed by atoms with Crippen molar-refractivity contribution >= 4 is 11.8 Å². The molecule has 7 rings (SSSR count). The molecule has 1 aliphatic heterocycles. The molecule has 7 fully saturated rings. The molecule has 1 saturated heterocycles. The van der Waals surface area contributed by atoms with Crippen molar-refractivity contribution < 1.29 is 34.1 Å². The maximum absolute atomic E-state index is 14.4. The Bertz CT molecular complexity index is 1170. The van der Waals surface area contributed by atoms with Gasteiger partial charge in [-0.3, -0.25) is 14.4 Å². The first-order chi connectivity index (χ1) is 24.3. The molecule has 292 valence electrons. The van der Waals surface area contributed by atoms with Crippen LogP contribution < -0.4 is 5.32 Å². The number of methoxy groups -OCH3 is 1. The van der Waals surface area contributed by atoms with Crippen LogP contribution in [0.1, 0.15) is 111 Å². The van der Waals surface area contributed by atoms with Gasteiger partial charge in [-0.25, -0.2) is 0 Å². The average molecular weight is 718 g/mol. The second kappa shape index (κ2) is 16.6. The van der Waals surface area contributed by atoms with Crippen molar-refractivity contribution in [1.82, 2.24) is 15.3 Å². The number of nitrogens with one attached hydrogen (secondary N) is 1. The number of ether oxygens (including phenoxy) is 2. The van der Waals surface area contributed by atoms with Gasteiger partial charge < -0.3 is 29.9 Å². The number of amides is 2. The number of hydrogen-bond acceptors (Lipinski definition) is 8. The minimum atomic E-state index is -0.813. The summed E-state index contributed by atoms with van der Waals surface area (Å²) in [4.78, 5) is 35.4. The Morgan fingerprint density at radius 3 is 2.31 bits per heavy atom. The maximum atomic E-state index is 14.4. The predicted molar refractivity (Wildman–Crippen MR) is 196 cm³/mol. The molecule has 10 heteroatoms. The predicted octanol–water partition coefficient (Wildman–Crippen LogP) is 5.05. The molecule has 0 aromatic heterocycles. The zero-order chi connectivity index (χ0) is 36.6. The highest BCUT2D eigenvalue weighted by molar-refractivity contribution is 5.83. The molecule has 5 unspecified atom stereocenters. The second-order valence-electron chi connectivity index (χ2n) is 18.6. The van der Waals surface area contributed by atoms with E-state index in [4.69, 9.17) is 14.3 Å². The van der Waals surface area contributed by atoms with Gasteiger partial charge in [-0.05, 0) is 125 Å². The Morgan fingerprint density at radius 2 is 1.73 bits per heavy atom. The van der Waals surface area contributed by atoms with Crippen molar-refractivity contribution in [3.8, 4) is 0 Å². The van der Waals surface area contributed by atoms with Crippen molar-refractivity contribution in [3.63, 3.8) is 0 Å². The number of fused-ring (bicyclic) bond motifs is 2. The highest BCUT2D eigenvalue weighted by Crippen LogP contribution is 2.61. The summed E-state index contributed by atoms with van der Waals surface area (Å²) in [6.07, 6.45) is 12.7. The van der Waals surface area contributed by atoms with Gasteiger partial charge in [0, 0.05) is 58.2 Å². The fourth-order valence-corrected chi connectivity index (χ4v) is 11.9. The van der Waals surface area contributed by atoms with E-state index < -0.39 is 24.2 Å². The van der Waals surface area contributed by atoms with Crippen molar-refractivity contribution in [2.24, 2.45) is 58.7 Å². The van der Waals surface area contributed by atoms with Crippen molar-refractivity contribution in [2.75, 3.05) is 41.0 Å². The van der Waals surface area contributed by atoms with Gasteiger partial charge in [0.1, 0.15) is 12.1 Å². The Labute approximate surface area is 308 Å². The van der Waals surface area contributed by atoms with E-state index in [1.54, 1.807) is 11.8 Å². The van der Waals surface area contributed by atoms with E-state index in [9.17, 15) is 19.8 Å². The van der Waals surface area contributed by atoms with E-state index in [-0.39, 0.29) is 42.4 Å². The minimum absolute atomic E-state index is 0.0307. The first-order valence-electron chi connectivity index (χ1n) is 20.7. The monoisotopic (exact) mass is 718 g/mol. The van der Waals surface area contributed by atoms with Gasteiger partial charge in [-0.2, -0.15) is 5.06 Å². The molecule has 11 atom stereocenters. The van der Waals surface area contributed by atoms with Crippen LogP contribution in [0.15, 0.2) is 0 Å². The van der Waals surface area contributed by atoms with Gasteiger partial charge in [0.05, 0.1) is 24.9 Å². The fourth-order valence-electron chi connectivity index (χ4n) is 11.9. The molecule has 6 saturated carbocycles. The van der Waals surface area contributed by atoms with Crippen LogP contribution in [0.5, 0.6) is 0 Å². The molecule has 0 radical (unpaired) electrons. The van der Waals surface area contributed by atoms with Crippen LogP contribution in [-0.2, 0) is 23.9 Å². The summed E-state index contributed by atoms with van der Waals surface area (Å²) in [5.74, 6) is 2.93. The third-order valence-corrected chi connectivity index (χ3v) is 15.3. The number of carbonyl (C=O) groups is 2. The van der Waals surface area contributed by atoms with E-state index in [2.05, 4.69) is 26.1 Å². The van der Waals surface area contributed by atoms with Crippen LogP contribution in [0, 0.1) is 58.7 Å². The molecule has 0 aromatic rings. The van der Waals surface area contributed by atoms with Gasteiger partial charge in [0.25, 0.3) is 0 Å². The normalized spacial score (nSPS) is 43.2. The number of rotatable bonds is 12. The molecule has 10 nitrogen and oxygen atoms in total. The SMILES string of the molecule is COC1CCC(COC2C(CN3O[C@@H](CO)C(C(C)O)[C@H]3C(=O)N[C@H]3C[C@H]4C[C@@H]([C@@H]3C)C4(C)C)CCCC2C2CCC(C(=O)N(C)C)CC2)CC1. The number of aliphatic hydroxyl groups is 2. The smallest absolute Gasteiger partial charge is 0.240 e. The highest BCUT2D eigenvalue weighted by Gasteiger charge is 2.58. The summed E-state index contributed by atoms with van der Waals surface area (Å²) < 4.78 is 12.7. The van der Waals surface area contributed by atoms with Crippen LogP contribution in [0.2, 0.25) is 0 Å². The Balaban J connectivity index is 1.19. The second-order valence-corrected chi connectivity index (χ2v) is 18.6. The summed E-state index contributed by atoms with van der Waals surface area (Å²) in [6, 6.07) is -0.574. The molecular formula is C41H71N3O7. The van der Waals surface area contributed by atoms with Gasteiger partial charge in [-0.1, -0.05) is 27.2 Å². The van der Waals surface area contributed by atoms with Gasteiger partial charge >= 0.3 is 0 Å². The van der Waals surface area contributed by atoms with E-state index >= 15 is 0 Å². The number of aliphatic hydroxyl groups excluding tert-OH is 2. The maximum Gasteiger partial charge on any atom is 0.240 e. The zero-order valence-electron chi connectivity index (χ0n) is 32.8. The topological polar surface area (TPSA) is 121 Å². The first-order valence-corrected chi connectivity index (χ1v) is 20.7. The largest absolute Gasteiger partial charge is 0.394 e. The van der Waals surface area contributed by atoms with Crippen molar-refractivity contribution in [2.45, 2.75) is 148 Å². The average Bonchev–Trinajstić information content (AvgIpc) is 3.50. The Morgan fingerprint density at radius 1 is 1.02 bits per heavy atom.